The summed E-state index contributed by atoms with van der Waals surface area (Å²) in [6, 6.07) is 12.8. The minimum atomic E-state index is -0.467. The number of benzene rings is 2. The van der Waals surface area contributed by atoms with E-state index in [1.807, 2.05) is 6.07 Å². The van der Waals surface area contributed by atoms with Crippen molar-refractivity contribution >= 4 is 21.8 Å². The molecule has 0 unspecified atom stereocenters. The number of hydrogen-bond donors (Lipinski definition) is 0. The van der Waals surface area contributed by atoms with Crippen molar-refractivity contribution in [1.82, 2.24) is 9.80 Å². The Labute approximate surface area is 150 Å². The van der Waals surface area contributed by atoms with Crippen LogP contribution in [0.5, 0.6) is 0 Å². The van der Waals surface area contributed by atoms with Gasteiger partial charge in [0.05, 0.1) is 5.56 Å². The van der Waals surface area contributed by atoms with Gasteiger partial charge in [0.15, 0.2) is 0 Å². The van der Waals surface area contributed by atoms with E-state index in [0.717, 1.165) is 19.6 Å². The lowest BCUT2D eigenvalue weighted by atomic mass is 10.1. The number of aryl methyl sites for hydroxylation is 1. The van der Waals surface area contributed by atoms with E-state index >= 15 is 0 Å². The zero-order valence-corrected chi connectivity index (χ0v) is 15.2. The summed E-state index contributed by atoms with van der Waals surface area (Å²) in [6.07, 6.45) is 0. The predicted octanol–water partition coefficient (Wildman–Crippen LogP) is 3.85. The van der Waals surface area contributed by atoms with Crippen LogP contribution in [0.25, 0.3) is 0 Å². The molecular formula is C19H20BrFN2O. The molecule has 0 bridgehead atoms. The third kappa shape index (κ3) is 3.84. The van der Waals surface area contributed by atoms with Crippen LogP contribution in [0.2, 0.25) is 0 Å². The Balaban J connectivity index is 1.61. The SMILES string of the molecule is Cc1ccccc1CN1CCN(C(=O)c2cc(Br)ccc2F)CC1. The van der Waals surface area contributed by atoms with Gasteiger partial charge in [-0.1, -0.05) is 40.2 Å². The molecule has 0 aliphatic carbocycles. The molecule has 1 fully saturated rings. The molecule has 1 heterocycles. The number of halogens is 2. The van der Waals surface area contributed by atoms with E-state index in [9.17, 15) is 9.18 Å². The Morgan fingerprint density at radius 1 is 1.12 bits per heavy atom. The fourth-order valence-corrected chi connectivity index (χ4v) is 3.33. The highest BCUT2D eigenvalue weighted by Crippen LogP contribution is 2.19. The van der Waals surface area contributed by atoms with Gasteiger partial charge in [0.1, 0.15) is 5.82 Å². The summed E-state index contributed by atoms with van der Waals surface area (Å²) in [5.41, 5.74) is 2.74. The Bertz CT molecular complexity index is 742. The van der Waals surface area contributed by atoms with Crippen molar-refractivity contribution in [1.29, 1.82) is 0 Å². The highest BCUT2D eigenvalue weighted by atomic mass is 79.9. The van der Waals surface area contributed by atoms with Crippen molar-refractivity contribution < 1.29 is 9.18 Å². The van der Waals surface area contributed by atoms with Crippen molar-refractivity contribution in [2.75, 3.05) is 26.2 Å². The molecule has 24 heavy (non-hydrogen) atoms. The topological polar surface area (TPSA) is 23.6 Å². The number of hydrogen-bond acceptors (Lipinski definition) is 2. The number of rotatable bonds is 3. The van der Waals surface area contributed by atoms with Gasteiger partial charge >= 0.3 is 0 Å². The van der Waals surface area contributed by atoms with Crippen LogP contribution >= 0.6 is 15.9 Å². The zero-order valence-electron chi connectivity index (χ0n) is 13.6. The van der Waals surface area contributed by atoms with E-state index in [4.69, 9.17) is 0 Å². The maximum atomic E-state index is 13.9. The number of nitrogens with zero attached hydrogens (tertiary/aromatic N) is 2. The summed E-state index contributed by atoms with van der Waals surface area (Å²) in [7, 11) is 0. The fraction of sp³-hybridized carbons (Fsp3) is 0.316. The van der Waals surface area contributed by atoms with Crippen LogP contribution in [-0.4, -0.2) is 41.9 Å². The monoisotopic (exact) mass is 390 g/mol. The highest BCUT2D eigenvalue weighted by Gasteiger charge is 2.24. The van der Waals surface area contributed by atoms with E-state index in [1.165, 1.54) is 17.2 Å². The molecule has 0 spiro atoms. The first-order valence-electron chi connectivity index (χ1n) is 8.06. The summed E-state index contributed by atoms with van der Waals surface area (Å²) in [4.78, 5) is 16.6. The van der Waals surface area contributed by atoms with Gasteiger partial charge in [-0.25, -0.2) is 4.39 Å². The molecule has 0 aromatic heterocycles. The second kappa shape index (κ2) is 7.45. The van der Waals surface area contributed by atoms with Crippen LogP contribution in [0.3, 0.4) is 0 Å². The molecule has 0 atom stereocenters. The van der Waals surface area contributed by atoms with Crippen LogP contribution in [0.15, 0.2) is 46.9 Å². The molecule has 1 aliphatic heterocycles. The zero-order chi connectivity index (χ0) is 17.1. The average Bonchev–Trinajstić information content (AvgIpc) is 2.59. The fourth-order valence-electron chi connectivity index (χ4n) is 2.97. The van der Waals surface area contributed by atoms with Gasteiger partial charge in [0, 0.05) is 37.2 Å². The first-order chi connectivity index (χ1) is 11.5. The molecule has 2 aromatic rings. The van der Waals surface area contributed by atoms with Crippen molar-refractivity contribution in [2.24, 2.45) is 0 Å². The smallest absolute Gasteiger partial charge is 0.256 e. The summed E-state index contributed by atoms with van der Waals surface area (Å²) in [5, 5.41) is 0. The molecule has 1 saturated heterocycles. The molecule has 1 amide bonds. The van der Waals surface area contributed by atoms with Crippen molar-refractivity contribution in [3.63, 3.8) is 0 Å². The normalized spacial score (nSPS) is 15.5. The lowest BCUT2D eigenvalue weighted by Crippen LogP contribution is -2.48. The Hall–Kier alpha value is -1.72. The maximum Gasteiger partial charge on any atom is 0.256 e. The van der Waals surface area contributed by atoms with Crippen molar-refractivity contribution in [3.05, 3.63) is 69.4 Å². The number of piperazine rings is 1. The third-order valence-corrected chi connectivity index (χ3v) is 4.97. The molecule has 0 saturated carbocycles. The minimum Gasteiger partial charge on any atom is -0.336 e. The Kier molecular flexibility index (Phi) is 5.31. The number of carbonyl (C=O) groups is 1. The second-order valence-corrected chi connectivity index (χ2v) is 7.03. The number of amides is 1. The van der Waals surface area contributed by atoms with Crippen LogP contribution < -0.4 is 0 Å². The van der Waals surface area contributed by atoms with Gasteiger partial charge in [-0.2, -0.15) is 0 Å². The first-order valence-corrected chi connectivity index (χ1v) is 8.85. The molecule has 0 radical (unpaired) electrons. The summed E-state index contributed by atoms with van der Waals surface area (Å²) in [6.45, 7) is 5.85. The van der Waals surface area contributed by atoms with Gasteiger partial charge in [-0.05, 0) is 36.2 Å². The van der Waals surface area contributed by atoms with Crippen molar-refractivity contribution in [2.45, 2.75) is 13.5 Å². The van der Waals surface area contributed by atoms with E-state index in [1.54, 1.807) is 17.0 Å². The van der Waals surface area contributed by atoms with Crippen LogP contribution in [0.4, 0.5) is 4.39 Å². The molecular weight excluding hydrogens is 371 g/mol. The maximum absolute atomic E-state index is 13.9. The van der Waals surface area contributed by atoms with E-state index in [2.05, 4.69) is 46.0 Å². The highest BCUT2D eigenvalue weighted by molar-refractivity contribution is 9.10. The average molecular weight is 391 g/mol. The van der Waals surface area contributed by atoms with Crippen LogP contribution in [0.1, 0.15) is 21.5 Å². The van der Waals surface area contributed by atoms with Gasteiger partial charge in [-0.15, -0.1) is 0 Å². The molecule has 1 aliphatic rings. The van der Waals surface area contributed by atoms with E-state index in [0.29, 0.717) is 17.6 Å². The quantitative estimate of drug-likeness (QED) is 0.794. The molecule has 126 valence electrons. The second-order valence-electron chi connectivity index (χ2n) is 6.12. The summed E-state index contributed by atoms with van der Waals surface area (Å²) in [5.74, 6) is -0.699. The lowest BCUT2D eigenvalue weighted by Gasteiger charge is -2.35. The van der Waals surface area contributed by atoms with Crippen LogP contribution in [-0.2, 0) is 6.54 Å². The molecule has 3 rings (SSSR count). The Morgan fingerprint density at radius 2 is 1.83 bits per heavy atom. The largest absolute Gasteiger partial charge is 0.336 e. The van der Waals surface area contributed by atoms with Gasteiger partial charge in [0.25, 0.3) is 5.91 Å². The third-order valence-electron chi connectivity index (χ3n) is 4.47. The minimum absolute atomic E-state index is 0.136. The van der Waals surface area contributed by atoms with Gasteiger partial charge in [-0.3, -0.25) is 9.69 Å². The predicted molar refractivity (Wildman–Crippen MR) is 96.5 cm³/mol. The Morgan fingerprint density at radius 3 is 2.54 bits per heavy atom. The van der Waals surface area contributed by atoms with E-state index < -0.39 is 5.82 Å². The van der Waals surface area contributed by atoms with E-state index in [-0.39, 0.29) is 11.5 Å². The standard InChI is InChI=1S/C19H20BrFN2O/c1-14-4-2-3-5-15(14)13-22-8-10-23(11-9-22)19(24)17-12-16(20)6-7-18(17)21/h2-7,12H,8-11,13H2,1H3. The van der Waals surface area contributed by atoms with Gasteiger partial charge < -0.3 is 4.90 Å². The summed E-state index contributed by atoms with van der Waals surface area (Å²) < 4.78 is 14.6. The lowest BCUT2D eigenvalue weighted by molar-refractivity contribution is 0.0623. The molecule has 3 nitrogen and oxygen atoms in total. The molecule has 0 N–H and O–H groups in total. The number of carbonyl (C=O) groups excluding carboxylic acids is 1. The van der Waals surface area contributed by atoms with Gasteiger partial charge in [0.2, 0.25) is 0 Å². The van der Waals surface area contributed by atoms with Crippen LogP contribution in [0, 0.1) is 12.7 Å². The van der Waals surface area contributed by atoms with Crippen molar-refractivity contribution in [3.8, 4) is 0 Å². The molecule has 5 heteroatoms. The summed E-state index contributed by atoms with van der Waals surface area (Å²) >= 11 is 3.30. The molecule has 2 aromatic carbocycles. The first kappa shape index (κ1) is 17.1.